The second kappa shape index (κ2) is 5.75. The molecule has 1 aromatic carbocycles. The van der Waals surface area contributed by atoms with Gasteiger partial charge in [0.15, 0.2) is 0 Å². The number of halogens is 2. The van der Waals surface area contributed by atoms with Gasteiger partial charge < -0.3 is 5.32 Å². The van der Waals surface area contributed by atoms with Gasteiger partial charge in [-0.2, -0.15) is 0 Å². The van der Waals surface area contributed by atoms with Crippen molar-refractivity contribution < 1.29 is 0 Å². The summed E-state index contributed by atoms with van der Waals surface area (Å²) >= 11 is 7.11. The standard InChI is InChI=1S/C14H19Br2N/c1-9-4-3-5-10(2)14(9)17-13-7-6-11(15)8-12(13)16/h6-10,14,17H,3-5H2,1-2H3. The molecule has 0 aromatic heterocycles. The fourth-order valence-corrected chi connectivity index (χ4v) is 3.91. The number of benzene rings is 1. The van der Waals surface area contributed by atoms with E-state index in [0.29, 0.717) is 6.04 Å². The van der Waals surface area contributed by atoms with E-state index in [2.05, 4.69) is 69.2 Å². The zero-order valence-electron chi connectivity index (χ0n) is 10.3. The molecule has 0 saturated heterocycles. The third-order valence-electron chi connectivity index (χ3n) is 3.80. The zero-order valence-corrected chi connectivity index (χ0v) is 13.5. The number of rotatable bonds is 2. The van der Waals surface area contributed by atoms with Crippen LogP contribution in [-0.2, 0) is 0 Å². The Labute approximate surface area is 121 Å². The molecule has 1 aliphatic carbocycles. The Morgan fingerprint density at radius 1 is 1.12 bits per heavy atom. The van der Waals surface area contributed by atoms with Crippen LogP contribution in [0.4, 0.5) is 5.69 Å². The predicted octanol–water partition coefficient (Wildman–Crippen LogP) is 5.45. The first-order valence-corrected chi connectivity index (χ1v) is 7.88. The van der Waals surface area contributed by atoms with Crippen molar-refractivity contribution in [2.24, 2.45) is 11.8 Å². The highest BCUT2D eigenvalue weighted by molar-refractivity contribution is 9.11. The molecular formula is C14H19Br2N. The lowest BCUT2D eigenvalue weighted by Crippen LogP contribution is -2.37. The molecule has 1 aromatic rings. The molecule has 0 spiro atoms. The third-order valence-corrected chi connectivity index (χ3v) is 4.95. The average molecular weight is 361 g/mol. The second-order valence-electron chi connectivity index (χ2n) is 5.18. The summed E-state index contributed by atoms with van der Waals surface area (Å²) in [6.45, 7) is 4.72. The van der Waals surface area contributed by atoms with Crippen LogP contribution < -0.4 is 5.32 Å². The van der Waals surface area contributed by atoms with E-state index in [9.17, 15) is 0 Å². The molecule has 0 amide bonds. The van der Waals surface area contributed by atoms with E-state index in [1.807, 2.05) is 0 Å². The van der Waals surface area contributed by atoms with Gasteiger partial charge in [-0.15, -0.1) is 0 Å². The fraction of sp³-hybridized carbons (Fsp3) is 0.571. The molecular weight excluding hydrogens is 342 g/mol. The summed E-state index contributed by atoms with van der Waals surface area (Å²) in [5, 5.41) is 3.71. The molecule has 17 heavy (non-hydrogen) atoms. The van der Waals surface area contributed by atoms with Gasteiger partial charge in [0.05, 0.1) is 0 Å². The van der Waals surface area contributed by atoms with E-state index >= 15 is 0 Å². The van der Waals surface area contributed by atoms with Gasteiger partial charge in [-0.1, -0.05) is 36.2 Å². The van der Waals surface area contributed by atoms with Crippen LogP contribution in [0.2, 0.25) is 0 Å². The molecule has 3 heteroatoms. The third kappa shape index (κ3) is 3.25. The van der Waals surface area contributed by atoms with E-state index in [1.54, 1.807) is 0 Å². The van der Waals surface area contributed by atoms with Crippen molar-refractivity contribution in [3.05, 3.63) is 27.1 Å². The first-order valence-electron chi connectivity index (χ1n) is 6.29. The maximum atomic E-state index is 3.71. The Kier molecular flexibility index (Phi) is 4.53. The summed E-state index contributed by atoms with van der Waals surface area (Å²) in [4.78, 5) is 0. The van der Waals surface area contributed by atoms with Crippen molar-refractivity contribution in [1.82, 2.24) is 0 Å². The van der Waals surface area contributed by atoms with Gasteiger partial charge in [-0.05, 0) is 58.8 Å². The molecule has 2 rings (SSSR count). The van der Waals surface area contributed by atoms with Gasteiger partial charge in [-0.25, -0.2) is 0 Å². The number of hydrogen-bond donors (Lipinski definition) is 1. The Hall–Kier alpha value is -0.0200. The maximum Gasteiger partial charge on any atom is 0.0487 e. The summed E-state index contributed by atoms with van der Waals surface area (Å²) in [7, 11) is 0. The van der Waals surface area contributed by atoms with Crippen LogP contribution in [0.25, 0.3) is 0 Å². The summed E-state index contributed by atoms with van der Waals surface area (Å²) in [6.07, 6.45) is 4.06. The van der Waals surface area contributed by atoms with E-state index < -0.39 is 0 Å². The lowest BCUT2D eigenvalue weighted by atomic mass is 9.78. The second-order valence-corrected chi connectivity index (χ2v) is 6.95. The van der Waals surface area contributed by atoms with Crippen LogP contribution in [0.15, 0.2) is 27.1 Å². The lowest BCUT2D eigenvalue weighted by molar-refractivity contribution is 0.268. The van der Waals surface area contributed by atoms with Crippen molar-refractivity contribution in [3.8, 4) is 0 Å². The molecule has 0 radical (unpaired) electrons. The van der Waals surface area contributed by atoms with Crippen LogP contribution in [0, 0.1) is 11.8 Å². The molecule has 1 N–H and O–H groups in total. The van der Waals surface area contributed by atoms with Crippen LogP contribution in [0.3, 0.4) is 0 Å². The summed E-state index contributed by atoms with van der Waals surface area (Å²) in [6, 6.07) is 6.93. The van der Waals surface area contributed by atoms with Crippen molar-refractivity contribution in [2.75, 3.05) is 5.32 Å². The minimum absolute atomic E-state index is 0.598. The number of hydrogen-bond acceptors (Lipinski definition) is 1. The predicted molar refractivity (Wildman–Crippen MR) is 81.4 cm³/mol. The molecule has 2 atom stereocenters. The highest BCUT2D eigenvalue weighted by atomic mass is 79.9. The Bertz CT molecular complexity index is 382. The molecule has 2 unspecified atom stereocenters. The SMILES string of the molecule is CC1CCCC(C)C1Nc1ccc(Br)cc1Br. The van der Waals surface area contributed by atoms with E-state index in [1.165, 1.54) is 24.9 Å². The Balaban J connectivity index is 2.13. The first-order chi connectivity index (χ1) is 8.08. The molecule has 0 aliphatic heterocycles. The zero-order chi connectivity index (χ0) is 12.4. The highest BCUT2D eigenvalue weighted by Crippen LogP contribution is 2.34. The molecule has 1 aliphatic rings. The van der Waals surface area contributed by atoms with Gasteiger partial charge in [0, 0.05) is 20.7 Å². The Morgan fingerprint density at radius 3 is 2.35 bits per heavy atom. The molecule has 1 saturated carbocycles. The first kappa shape index (κ1) is 13.4. The van der Waals surface area contributed by atoms with E-state index in [4.69, 9.17) is 0 Å². The van der Waals surface area contributed by atoms with Gasteiger partial charge in [0.2, 0.25) is 0 Å². The normalized spacial score (nSPS) is 29.1. The minimum Gasteiger partial charge on any atom is -0.381 e. The van der Waals surface area contributed by atoms with Gasteiger partial charge >= 0.3 is 0 Å². The van der Waals surface area contributed by atoms with Crippen LogP contribution in [0.1, 0.15) is 33.1 Å². The highest BCUT2D eigenvalue weighted by Gasteiger charge is 2.27. The lowest BCUT2D eigenvalue weighted by Gasteiger charge is -2.36. The molecule has 0 heterocycles. The van der Waals surface area contributed by atoms with Crippen LogP contribution in [-0.4, -0.2) is 6.04 Å². The van der Waals surface area contributed by atoms with Crippen LogP contribution >= 0.6 is 31.9 Å². The molecule has 94 valence electrons. The van der Waals surface area contributed by atoms with Crippen molar-refractivity contribution in [1.29, 1.82) is 0 Å². The van der Waals surface area contributed by atoms with E-state index in [-0.39, 0.29) is 0 Å². The van der Waals surface area contributed by atoms with Crippen LogP contribution in [0.5, 0.6) is 0 Å². The van der Waals surface area contributed by atoms with Gasteiger partial charge in [-0.3, -0.25) is 0 Å². The summed E-state index contributed by atoms with van der Waals surface area (Å²) in [5.74, 6) is 1.52. The number of anilines is 1. The monoisotopic (exact) mass is 359 g/mol. The molecule has 1 fully saturated rings. The van der Waals surface area contributed by atoms with Gasteiger partial charge in [0.1, 0.15) is 0 Å². The topological polar surface area (TPSA) is 12.0 Å². The van der Waals surface area contributed by atoms with Crippen molar-refractivity contribution >= 4 is 37.5 Å². The minimum atomic E-state index is 0.598. The van der Waals surface area contributed by atoms with Gasteiger partial charge in [0.25, 0.3) is 0 Å². The summed E-state index contributed by atoms with van der Waals surface area (Å²) in [5.41, 5.74) is 1.21. The van der Waals surface area contributed by atoms with Crippen molar-refractivity contribution in [2.45, 2.75) is 39.2 Å². The fourth-order valence-electron chi connectivity index (χ4n) is 2.75. The molecule has 1 nitrogen and oxygen atoms in total. The van der Waals surface area contributed by atoms with Crippen molar-refractivity contribution in [3.63, 3.8) is 0 Å². The largest absolute Gasteiger partial charge is 0.381 e. The molecule has 0 bridgehead atoms. The smallest absolute Gasteiger partial charge is 0.0487 e. The summed E-state index contributed by atoms with van der Waals surface area (Å²) < 4.78 is 2.25. The Morgan fingerprint density at radius 2 is 1.76 bits per heavy atom. The quantitative estimate of drug-likeness (QED) is 0.739. The van der Waals surface area contributed by atoms with E-state index in [0.717, 1.165) is 20.8 Å². The number of nitrogens with one attached hydrogen (secondary N) is 1. The average Bonchev–Trinajstić information content (AvgIpc) is 2.26. The maximum absolute atomic E-state index is 3.71.